The van der Waals surface area contributed by atoms with E-state index in [1.807, 2.05) is 12.3 Å². The lowest BCUT2D eigenvalue weighted by Gasteiger charge is -2.16. The molecule has 70 valence electrons. The molecular weight excluding hydrogens is 174 g/mol. The van der Waals surface area contributed by atoms with Crippen LogP contribution in [0.4, 0.5) is 0 Å². The largest absolute Gasteiger partial charge is 0.266 e. The van der Waals surface area contributed by atoms with Crippen molar-refractivity contribution in [3.05, 3.63) is 24.4 Å². The van der Waals surface area contributed by atoms with Crippen LogP contribution < -0.4 is 5.32 Å². The molecule has 1 nitrogen and oxygen atoms in total. The fourth-order valence-electron chi connectivity index (χ4n) is 2.60. The molecular formula is C11H17NSi. The summed E-state index contributed by atoms with van der Waals surface area (Å²) in [5, 5.41) is 1.43. The lowest BCUT2D eigenvalue weighted by atomic mass is 10.2. The fraction of sp³-hybridized carbons (Fsp3) is 0.545. The summed E-state index contributed by atoms with van der Waals surface area (Å²) >= 11 is 0. The minimum Gasteiger partial charge on any atom is -0.266 e. The fourth-order valence-corrected chi connectivity index (χ4v) is 6.58. The van der Waals surface area contributed by atoms with E-state index in [4.69, 9.17) is 0 Å². The molecule has 0 aliphatic carbocycles. The Morgan fingerprint density at radius 2 is 1.92 bits per heavy atom. The summed E-state index contributed by atoms with van der Waals surface area (Å²) in [6.45, 7) is 4.82. The molecule has 1 aromatic heterocycles. The first kappa shape index (κ1) is 8.94. The predicted octanol–water partition coefficient (Wildman–Crippen LogP) is 2.09. The lowest BCUT2D eigenvalue weighted by molar-refractivity contribution is 0.765. The molecule has 2 atom stereocenters. The number of nitrogens with zero attached hydrogens (tertiary/aromatic N) is 1. The van der Waals surface area contributed by atoms with Crippen LogP contribution in [0.3, 0.4) is 0 Å². The van der Waals surface area contributed by atoms with E-state index in [1.165, 1.54) is 18.2 Å². The summed E-state index contributed by atoms with van der Waals surface area (Å²) in [5.74, 6) is 0. The molecule has 2 unspecified atom stereocenters. The van der Waals surface area contributed by atoms with Crippen molar-refractivity contribution >= 4 is 14.1 Å². The van der Waals surface area contributed by atoms with Crippen molar-refractivity contribution in [1.29, 1.82) is 0 Å². The Bertz CT molecular complexity index is 263. The Morgan fingerprint density at radius 3 is 2.46 bits per heavy atom. The summed E-state index contributed by atoms with van der Waals surface area (Å²) in [7, 11) is -0.739. The van der Waals surface area contributed by atoms with E-state index in [-0.39, 0.29) is 0 Å². The zero-order valence-corrected chi connectivity index (χ0v) is 9.56. The maximum atomic E-state index is 4.52. The Labute approximate surface area is 81.8 Å². The lowest BCUT2D eigenvalue weighted by Crippen LogP contribution is -2.35. The van der Waals surface area contributed by atoms with Gasteiger partial charge in [0.2, 0.25) is 0 Å². The third-order valence-electron chi connectivity index (χ3n) is 3.33. The van der Waals surface area contributed by atoms with Crippen molar-refractivity contribution in [3.63, 3.8) is 0 Å². The highest BCUT2D eigenvalue weighted by molar-refractivity contribution is 6.75. The van der Waals surface area contributed by atoms with Crippen molar-refractivity contribution in [3.8, 4) is 0 Å². The van der Waals surface area contributed by atoms with Gasteiger partial charge in [-0.15, -0.1) is 0 Å². The van der Waals surface area contributed by atoms with E-state index in [0.717, 1.165) is 11.1 Å². The first-order valence-corrected chi connectivity index (χ1v) is 7.11. The molecule has 0 bridgehead atoms. The normalized spacial score (nSPS) is 33.5. The summed E-state index contributed by atoms with van der Waals surface area (Å²) < 4.78 is 0. The van der Waals surface area contributed by atoms with Gasteiger partial charge in [0, 0.05) is 11.5 Å². The van der Waals surface area contributed by atoms with Crippen LogP contribution in [0.1, 0.15) is 26.7 Å². The second kappa shape index (κ2) is 3.62. The minimum atomic E-state index is -0.739. The van der Waals surface area contributed by atoms with Crippen LogP contribution in [0.15, 0.2) is 24.4 Å². The first-order chi connectivity index (χ1) is 6.29. The first-order valence-electron chi connectivity index (χ1n) is 5.20. The Hall–Kier alpha value is -0.633. The molecule has 1 aliphatic rings. The molecule has 0 N–H and O–H groups in total. The molecule has 2 heterocycles. The minimum absolute atomic E-state index is 0.739. The Balaban J connectivity index is 2.25. The molecule has 1 saturated heterocycles. The smallest absolute Gasteiger partial charge is 0.100 e. The van der Waals surface area contributed by atoms with Crippen LogP contribution in [-0.2, 0) is 0 Å². The molecule has 2 rings (SSSR count). The van der Waals surface area contributed by atoms with Crippen LogP contribution in [0.25, 0.3) is 0 Å². The van der Waals surface area contributed by atoms with Crippen LogP contribution in [0.2, 0.25) is 11.1 Å². The number of rotatable bonds is 1. The van der Waals surface area contributed by atoms with E-state index in [9.17, 15) is 0 Å². The second-order valence-electron chi connectivity index (χ2n) is 4.31. The number of hydrogen-bond acceptors (Lipinski definition) is 1. The third kappa shape index (κ3) is 1.68. The van der Waals surface area contributed by atoms with E-state index in [2.05, 4.69) is 31.0 Å². The van der Waals surface area contributed by atoms with Gasteiger partial charge in [-0.25, -0.2) is 0 Å². The molecule has 0 saturated carbocycles. The number of pyridine rings is 1. The van der Waals surface area contributed by atoms with Crippen molar-refractivity contribution in [1.82, 2.24) is 4.98 Å². The predicted molar refractivity (Wildman–Crippen MR) is 59.1 cm³/mol. The molecule has 1 aliphatic heterocycles. The molecule has 0 radical (unpaired) electrons. The van der Waals surface area contributed by atoms with E-state index in [1.54, 1.807) is 0 Å². The highest BCUT2D eigenvalue weighted by Gasteiger charge is 2.33. The van der Waals surface area contributed by atoms with Crippen molar-refractivity contribution in [2.24, 2.45) is 0 Å². The van der Waals surface area contributed by atoms with Crippen molar-refractivity contribution < 1.29 is 0 Å². The molecule has 2 heteroatoms. The maximum absolute atomic E-state index is 4.52. The molecule has 0 spiro atoms. The van der Waals surface area contributed by atoms with Gasteiger partial charge in [-0.05, 0) is 23.2 Å². The summed E-state index contributed by atoms with van der Waals surface area (Å²) in [6, 6.07) is 6.38. The monoisotopic (exact) mass is 191 g/mol. The van der Waals surface area contributed by atoms with Gasteiger partial charge in [0.15, 0.2) is 0 Å². The van der Waals surface area contributed by atoms with Crippen LogP contribution in [0, 0.1) is 0 Å². The molecule has 1 fully saturated rings. The summed E-state index contributed by atoms with van der Waals surface area (Å²) in [5.41, 5.74) is 1.90. The van der Waals surface area contributed by atoms with Crippen molar-refractivity contribution in [2.45, 2.75) is 37.8 Å². The van der Waals surface area contributed by atoms with Crippen LogP contribution in [-0.4, -0.2) is 13.8 Å². The van der Waals surface area contributed by atoms with Gasteiger partial charge in [0.05, 0.1) is 0 Å². The second-order valence-corrected chi connectivity index (χ2v) is 8.23. The summed E-state index contributed by atoms with van der Waals surface area (Å²) in [4.78, 5) is 4.52. The zero-order valence-electron chi connectivity index (χ0n) is 8.40. The maximum Gasteiger partial charge on any atom is 0.100 e. The van der Waals surface area contributed by atoms with E-state index >= 15 is 0 Å². The standard InChI is InChI=1S/C11H17NSi/c1-9-6-7-10(2)13(9)11-5-3-4-8-12-11/h3-5,8-10,13H,6-7H2,1-2H3. The average molecular weight is 191 g/mol. The third-order valence-corrected chi connectivity index (χ3v) is 7.48. The Kier molecular flexibility index (Phi) is 2.49. The van der Waals surface area contributed by atoms with Crippen molar-refractivity contribution in [2.75, 3.05) is 0 Å². The number of aromatic nitrogens is 1. The van der Waals surface area contributed by atoms with E-state index < -0.39 is 8.80 Å². The molecule has 0 amide bonds. The zero-order chi connectivity index (χ0) is 9.26. The SMILES string of the molecule is CC1CCC(C)[SiH]1c1ccccn1. The highest BCUT2D eigenvalue weighted by atomic mass is 28.3. The average Bonchev–Trinajstić information content (AvgIpc) is 2.48. The van der Waals surface area contributed by atoms with Gasteiger partial charge in [-0.3, -0.25) is 4.98 Å². The van der Waals surface area contributed by atoms with Crippen LogP contribution in [0.5, 0.6) is 0 Å². The van der Waals surface area contributed by atoms with E-state index in [0.29, 0.717) is 0 Å². The van der Waals surface area contributed by atoms with Gasteiger partial charge in [0.25, 0.3) is 0 Å². The summed E-state index contributed by atoms with van der Waals surface area (Å²) in [6.07, 6.45) is 4.79. The molecule has 1 aromatic rings. The van der Waals surface area contributed by atoms with Gasteiger partial charge < -0.3 is 0 Å². The van der Waals surface area contributed by atoms with Gasteiger partial charge in [-0.1, -0.05) is 32.8 Å². The van der Waals surface area contributed by atoms with Crippen LogP contribution >= 0.6 is 0 Å². The quantitative estimate of drug-likeness (QED) is 0.619. The topological polar surface area (TPSA) is 12.9 Å². The molecule has 0 aromatic carbocycles. The van der Waals surface area contributed by atoms with Gasteiger partial charge >= 0.3 is 0 Å². The highest BCUT2D eigenvalue weighted by Crippen LogP contribution is 2.37. The van der Waals surface area contributed by atoms with Gasteiger partial charge in [0.1, 0.15) is 8.80 Å². The molecule has 13 heavy (non-hydrogen) atoms. The number of hydrogen-bond donors (Lipinski definition) is 0. The Morgan fingerprint density at radius 1 is 1.23 bits per heavy atom. The van der Waals surface area contributed by atoms with Gasteiger partial charge in [-0.2, -0.15) is 0 Å².